The van der Waals surface area contributed by atoms with Crippen LogP contribution in [0.2, 0.25) is 0 Å². The topological polar surface area (TPSA) is 50.2 Å². The first-order chi connectivity index (χ1) is 8.61. The first-order valence-corrected chi connectivity index (χ1v) is 6.17. The number of pyridine rings is 1. The van der Waals surface area contributed by atoms with Crippen molar-refractivity contribution in [2.45, 2.75) is 31.6 Å². The van der Waals surface area contributed by atoms with Gasteiger partial charge >= 0.3 is 5.97 Å². The average Bonchev–Trinajstić information content (AvgIpc) is 3.09. The van der Waals surface area contributed by atoms with Gasteiger partial charge in [0.1, 0.15) is 0 Å². The number of fused-ring (bicyclic) bond motifs is 1. The number of aromatic nitrogens is 1. The van der Waals surface area contributed by atoms with E-state index in [9.17, 15) is 4.79 Å². The molecule has 2 aromatic rings. The molecule has 1 heterocycles. The second kappa shape index (κ2) is 3.80. The molecule has 1 aliphatic rings. The van der Waals surface area contributed by atoms with Gasteiger partial charge in [-0.1, -0.05) is 12.1 Å². The van der Waals surface area contributed by atoms with Crippen LogP contribution in [0.1, 0.15) is 30.4 Å². The van der Waals surface area contributed by atoms with E-state index in [1.807, 2.05) is 19.3 Å². The number of hydrogen-bond donors (Lipinski definition) is 1. The molecule has 3 heteroatoms. The van der Waals surface area contributed by atoms with E-state index < -0.39 is 5.97 Å². The van der Waals surface area contributed by atoms with Crippen molar-refractivity contribution >= 4 is 16.7 Å². The van der Waals surface area contributed by atoms with Crippen molar-refractivity contribution < 1.29 is 9.90 Å². The molecule has 0 amide bonds. The molecule has 1 fully saturated rings. The molecule has 0 spiro atoms. The molecule has 0 bridgehead atoms. The summed E-state index contributed by atoms with van der Waals surface area (Å²) in [5, 5.41) is 11.3. The number of carbonyl (C=O) groups is 1. The Labute approximate surface area is 105 Å². The molecule has 3 nitrogen and oxygen atoms in total. The van der Waals surface area contributed by atoms with Crippen molar-refractivity contribution in [1.82, 2.24) is 4.98 Å². The Morgan fingerprint density at radius 2 is 2.17 bits per heavy atom. The molecule has 1 aromatic carbocycles. The number of benzene rings is 1. The lowest BCUT2D eigenvalue weighted by Crippen LogP contribution is -2.12. The van der Waals surface area contributed by atoms with Crippen LogP contribution in [-0.2, 0) is 10.2 Å². The van der Waals surface area contributed by atoms with Crippen molar-refractivity contribution in [3.05, 3.63) is 41.7 Å². The molecule has 3 rings (SSSR count). The van der Waals surface area contributed by atoms with Gasteiger partial charge in [-0.15, -0.1) is 0 Å². The fourth-order valence-electron chi connectivity index (χ4n) is 2.67. The van der Waals surface area contributed by atoms with Gasteiger partial charge in [0.15, 0.2) is 0 Å². The Bertz CT molecular complexity index is 629. The van der Waals surface area contributed by atoms with Gasteiger partial charge in [0.25, 0.3) is 0 Å². The van der Waals surface area contributed by atoms with Gasteiger partial charge in [-0.3, -0.25) is 9.78 Å². The van der Waals surface area contributed by atoms with Crippen LogP contribution in [0, 0.1) is 6.92 Å². The number of carboxylic acid groups (broad SMARTS) is 1. The number of nitrogens with zero attached hydrogens (tertiary/aromatic N) is 1. The minimum atomic E-state index is -0.713. The second-order valence-electron chi connectivity index (χ2n) is 5.24. The average molecular weight is 241 g/mol. The molecule has 1 saturated carbocycles. The number of rotatable bonds is 3. The Balaban J connectivity index is 2.07. The van der Waals surface area contributed by atoms with E-state index in [1.165, 1.54) is 5.39 Å². The van der Waals surface area contributed by atoms with Crippen LogP contribution in [0.3, 0.4) is 0 Å². The Morgan fingerprint density at radius 3 is 2.83 bits per heavy atom. The maximum absolute atomic E-state index is 10.9. The van der Waals surface area contributed by atoms with E-state index in [-0.39, 0.29) is 11.8 Å². The third kappa shape index (κ3) is 1.76. The van der Waals surface area contributed by atoms with Crippen LogP contribution in [0.15, 0.2) is 30.6 Å². The summed E-state index contributed by atoms with van der Waals surface area (Å²) in [6.07, 6.45) is 5.89. The van der Waals surface area contributed by atoms with Gasteiger partial charge in [-0.25, -0.2) is 0 Å². The summed E-state index contributed by atoms with van der Waals surface area (Å²) < 4.78 is 0. The van der Waals surface area contributed by atoms with E-state index in [0.717, 1.165) is 29.4 Å². The standard InChI is InChI=1S/C15H15NO2/c1-10-8-16-9-11-6-12(2-3-13(10)11)15(4-5-15)7-14(17)18/h2-3,6,8-9H,4-5,7H2,1H3,(H,17,18). The van der Waals surface area contributed by atoms with Crippen molar-refractivity contribution in [3.8, 4) is 0 Å². The van der Waals surface area contributed by atoms with Gasteiger partial charge in [0.05, 0.1) is 6.42 Å². The maximum Gasteiger partial charge on any atom is 0.304 e. The molecule has 0 saturated heterocycles. The Morgan fingerprint density at radius 1 is 1.39 bits per heavy atom. The van der Waals surface area contributed by atoms with Crippen molar-refractivity contribution in [3.63, 3.8) is 0 Å². The summed E-state index contributed by atoms with van der Waals surface area (Å²) in [6.45, 7) is 2.04. The van der Waals surface area contributed by atoms with Crippen LogP contribution >= 0.6 is 0 Å². The minimum Gasteiger partial charge on any atom is -0.481 e. The molecule has 18 heavy (non-hydrogen) atoms. The molecule has 92 valence electrons. The smallest absolute Gasteiger partial charge is 0.304 e. The lowest BCUT2D eigenvalue weighted by Gasteiger charge is -2.14. The van der Waals surface area contributed by atoms with Crippen LogP contribution < -0.4 is 0 Å². The van der Waals surface area contributed by atoms with Crippen LogP contribution in [0.4, 0.5) is 0 Å². The molecule has 1 aromatic heterocycles. The van der Waals surface area contributed by atoms with E-state index in [4.69, 9.17) is 5.11 Å². The lowest BCUT2D eigenvalue weighted by molar-refractivity contribution is -0.137. The fourth-order valence-corrected chi connectivity index (χ4v) is 2.67. The summed E-state index contributed by atoms with van der Waals surface area (Å²) in [6, 6.07) is 6.26. The summed E-state index contributed by atoms with van der Waals surface area (Å²) in [4.78, 5) is 15.1. The molecular weight excluding hydrogens is 226 g/mol. The quantitative estimate of drug-likeness (QED) is 0.898. The van der Waals surface area contributed by atoms with Gasteiger partial charge in [-0.05, 0) is 42.3 Å². The van der Waals surface area contributed by atoms with Gasteiger partial charge in [0, 0.05) is 23.2 Å². The first kappa shape index (κ1) is 11.2. The third-order valence-electron chi connectivity index (χ3n) is 3.91. The maximum atomic E-state index is 10.9. The van der Waals surface area contributed by atoms with Gasteiger partial charge in [0.2, 0.25) is 0 Å². The highest BCUT2D eigenvalue weighted by atomic mass is 16.4. The zero-order valence-electron chi connectivity index (χ0n) is 10.3. The SMILES string of the molecule is Cc1cncc2cc(C3(CC(=O)O)CC3)ccc12. The molecule has 1 N–H and O–H groups in total. The molecular formula is C15H15NO2. The number of carboxylic acids is 1. The largest absolute Gasteiger partial charge is 0.481 e. The minimum absolute atomic E-state index is 0.121. The number of aryl methyl sites for hydroxylation is 1. The third-order valence-corrected chi connectivity index (χ3v) is 3.91. The van der Waals surface area contributed by atoms with Crippen LogP contribution in [-0.4, -0.2) is 16.1 Å². The van der Waals surface area contributed by atoms with Gasteiger partial charge in [-0.2, -0.15) is 0 Å². The number of aliphatic carboxylic acids is 1. The lowest BCUT2D eigenvalue weighted by atomic mass is 9.90. The molecule has 0 atom stereocenters. The summed E-state index contributed by atoms with van der Waals surface area (Å²) >= 11 is 0. The van der Waals surface area contributed by atoms with E-state index in [2.05, 4.69) is 23.2 Å². The summed E-state index contributed by atoms with van der Waals surface area (Å²) in [7, 11) is 0. The highest BCUT2D eigenvalue weighted by molar-refractivity contribution is 5.85. The predicted molar refractivity (Wildman–Crippen MR) is 69.6 cm³/mol. The second-order valence-corrected chi connectivity index (χ2v) is 5.24. The van der Waals surface area contributed by atoms with Crippen molar-refractivity contribution in [1.29, 1.82) is 0 Å². The Hall–Kier alpha value is -1.90. The molecule has 0 aliphatic heterocycles. The van der Waals surface area contributed by atoms with E-state index >= 15 is 0 Å². The van der Waals surface area contributed by atoms with Gasteiger partial charge < -0.3 is 5.11 Å². The van der Waals surface area contributed by atoms with Crippen LogP contribution in [0.5, 0.6) is 0 Å². The summed E-state index contributed by atoms with van der Waals surface area (Å²) in [5.41, 5.74) is 2.18. The van der Waals surface area contributed by atoms with E-state index in [0.29, 0.717) is 0 Å². The summed E-state index contributed by atoms with van der Waals surface area (Å²) in [5.74, 6) is -0.713. The monoisotopic (exact) mass is 241 g/mol. The zero-order chi connectivity index (χ0) is 12.8. The fraction of sp³-hybridized carbons (Fsp3) is 0.333. The van der Waals surface area contributed by atoms with Crippen molar-refractivity contribution in [2.75, 3.05) is 0 Å². The molecule has 1 aliphatic carbocycles. The van der Waals surface area contributed by atoms with E-state index in [1.54, 1.807) is 0 Å². The van der Waals surface area contributed by atoms with Crippen LogP contribution in [0.25, 0.3) is 10.8 Å². The highest BCUT2D eigenvalue weighted by Crippen LogP contribution is 2.51. The highest BCUT2D eigenvalue weighted by Gasteiger charge is 2.45. The zero-order valence-corrected chi connectivity index (χ0v) is 10.3. The number of hydrogen-bond acceptors (Lipinski definition) is 2. The van der Waals surface area contributed by atoms with Crippen molar-refractivity contribution in [2.24, 2.45) is 0 Å². The molecule has 0 unspecified atom stereocenters. The normalized spacial score (nSPS) is 16.7. The predicted octanol–water partition coefficient (Wildman–Crippen LogP) is 3.05. The first-order valence-electron chi connectivity index (χ1n) is 6.17. The Kier molecular flexibility index (Phi) is 2.37. The molecule has 0 radical (unpaired) electrons.